The van der Waals surface area contributed by atoms with E-state index in [1.54, 1.807) is 6.07 Å². The molecule has 0 aliphatic carbocycles. The smallest absolute Gasteiger partial charge is 0.271 e. The lowest BCUT2D eigenvalue weighted by atomic mass is 10.2. The van der Waals surface area contributed by atoms with E-state index in [9.17, 15) is 20.0 Å². The first kappa shape index (κ1) is 10.9. The molecular weight excluding hydrogens is 232 g/mol. The highest BCUT2D eigenvalue weighted by molar-refractivity contribution is 8.01. The van der Waals surface area contributed by atoms with E-state index in [0.29, 0.717) is 11.6 Å². The van der Waals surface area contributed by atoms with Crippen LogP contribution in [0, 0.1) is 10.1 Å². The van der Waals surface area contributed by atoms with Gasteiger partial charge in [-0.05, 0) is 6.07 Å². The largest absolute Gasteiger partial charge is 0.373 e. The molecule has 0 bridgehead atoms. The van der Waals surface area contributed by atoms with Gasteiger partial charge in [0.2, 0.25) is 0 Å². The maximum absolute atomic E-state index is 11.5. The Kier molecular flexibility index (Phi) is 2.80. The molecule has 2 rings (SSSR count). The molecule has 6 nitrogen and oxygen atoms in total. The molecular formula is C9H8N2O4S. The highest BCUT2D eigenvalue weighted by atomic mass is 32.2. The van der Waals surface area contributed by atoms with Gasteiger partial charge in [0.1, 0.15) is 0 Å². The number of carbonyl (C=O) groups excluding carboxylic acids is 1. The fourth-order valence-corrected chi connectivity index (χ4v) is 2.23. The van der Waals surface area contributed by atoms with E-state index < -0.39 is 16.3 Å². The van der Waals surface area contributed by atoms with Crippen LogP contribution in [0.25, 0.3) is 0 Å². The molecule has 0 spiro atoms. The third-order valence-electron chi connectivity index (χ3n) is 2.19. The average molecular weight is 240 g/mol. The standard InChI is InChI=1S/C9H8N2O4S/c12-8-9(13)16-5-10(8)6-2-1-3-7(4-6)11(14)15/h1-4,9,13H,5H2. The van der Waals surface area contributed by atoms with Crippen LogP contribution in [-0.4, -0.2) is 27.2 Å². The monoisotopic (exact) mass is 240 g/mol. The van der Waals surface area contributed by atoms with Gasteiger partial charge in [0, 0.05) is 12.1 Å². The molecule has 1 unspecified atom stereocenters. The van der Waals surface area contributed by atoms with Crippen LogP contribution in [-0.2, 0) is 4.79 Å². The first-order valence-corrected chi connectivity index (χ1v) is 5.50. The molecule has 1 fully saturated rings. The van der Waals surface area contributed by atoms with E-state index in [1.807, 2.05) is 0 Å². The quantitative estimate of drug-likeness (QED) is 0.614. The summed E-state index contributed by atoms with van der Waals surface area (Å²) in [4.78, 5) is 22.8. The minimum atomic E-state index is -1.07. The van der Waals surface area contributed by atoms with Gasteiger partial charge in [-0.1, -0.05) is 17.8 Å². The molecule has 1 heterocycles. The van der Waals surface area contributed by atoms with Gasteiger partial charge >= 0.3 is 0 Å². The normalized spacial score (nSPS) is 20.2. The van der Waals surface area contributed by atoms with Crippen LogP contribution in [0.5, 0.6) is 0 Å². The van der Waals surface area contributed by atoms with Gasteiger partial charge < -0.3 is 5.11 Å². The van der Waals surface area contributed by atoms with E-state index in [0.717, 1.165) is 11.8 Å². The molecule has 1 saturated heterocycles. The summed E-state index contributed by atoms with van der Waals surface area (Å²) in [5, 5.41) is 19.8. The lowest BCUT2D eigenvalue weighted by Crippen LogP contribution is -2.28. The van der Waals surface area contributed by atoms with Gasteiger partial charge in [-0.15, -0.1) is 0 Å². The van der Waals surface area contributed by atoms with Gasteiger partial charge in [-0.3, -0.25) is 19.8 Å². The number of hydrogen-bond donors (Lipinski definition) is 1. The molecule has 0 radical (unpaired) electrons. The van der Waals surface area contributed by atoms with E-state index >= 15 is 0 Å². The van der Waals surface area contributed by atoms with Gasteiger partial charge in [-0.2, -0.15) is 0 Å². The van der Waals surface area contributed by atoms with Crippen LogP contribution < -0.4 is 4.90 Å². The zero-order valence-corrected chi connectivity index (χ0v) is 8.88. The number of anilines is 1. The maximum atomic E-state index is 11.5. The lowest BCUT2D eigenvalue weighted by Gasteiger charge is -2.14. The van der Waals surface area contributed by atoms with Gasteiger partial charge in [0.15, 0.2) is 5.44 Å². The molecule has 1 amide bonds. The zero-order chi connectivity index (χ0) is 11.7. The Bertz CT molecular complexity index is 451. The van der Waals surface area contributed by atoms with Crippen molar-refractivity contribution < 1.29 is 14.8 Å². The first-order valence-electron chi connectivity index (χ1n) is 4.45. The molecule has 1 atom stereocenters. The van der Waals surface area contributed by atoms with Crippen LogP contribution in [0.2, 0.25) is 0 Å². The number of rotatable bonds is 2. The number of nitrogens with zero attached hydrogens (tertiary/aromatic N) is 2. The molecule has 16 heavy (non-hydrogen) atoms. The Morgan fingerprint density at radius 1 is 1.56 bits per heavy atom. The SMILES string of the molecule is O=C1C(O)SCN1c1cccc([N+](=O)[O-])c1. The van der Waals surface area contributed by atoms with Crippen molar-refractivity contribution in [3.8, 4) is 0 Å². The summed E-state index contributed by atoms with van der Waals surface area (Å²) in [5.41, 5.74) is -0.709. The Morgan fingerprint density at radius 3 is 2.88 bits per heavy atom. The molecule has 0 saturated carbocycles. The van der Waals surface area contributed by atoms with E-state index in [2.05, 4.69) is 0 Å². The summed E-state index contributed by atoms with van der Waals surface area (Å²) < 4.78 is 0. The number of aliphatic hydroxyl groups excluding tert-OH is 1. The molecule has 1 aromatic rings. The molecule has 84 valence electrons. The van der Waals surface area contributed by atoms with Crippen LogP contribution in [0.15, 0.2) is 24.3 Å². The summed E-state index contributed by atoms with van der Waals surface area (Å²) in [7, 11) is 0. The van der Waals surface area contributed by atoms with Crippen molar-refractivity contribution in [1.29, 1.82) is 0 Å². The van der Waals surface area contributed by atoms with Crippen molar-refractivity contribution in [2.24, 2.45) is 0 Å². The van der Waals surface area contributed by atoms with Crippen molar-refractivity contribution in [2.75, 3.05) is 10.8 Å². The summed E-state index contributed by atoms with van der Waals surface area (Å²) in [6.45, 7) is 0. The molecule has 1 aromatic carbocycles. The van der Waals surface area contributed by atoms with Gasteiger partial charge in [0.25, 0.3) is 11.6 Å². The van der Waals surface area contributed by atoms with Crippen molar-refractivity contribution in [2.45, 2.75) is 5.44 Å². The second-order valence-corrected chi connectivity index (χ2v) is 4.23. The lowest BCUT2D eigenvalue weighted by molar-refractivity contribution is -0.384. The fourth-order valence-electron chi connectivity index (χ4n) is 1.39. The van der Waals surface area contributed by atoms with Crippen molar-refractivity contribution >= 4 is 29.0 Å². The van der Waals surface area contributed by atoms with Crippen molar-refractivity contribution in [3.63, 3.8) is 0 Å². The highest BCUT2D eigenvalue weighted by Crippen LogP contribution is 2.29. The maximum Gasteiger partial charge on any atom is 0.271 e. The topological polar surface area (TPSA) is 83.7 Å². The molecule has 7 heteroatoms. The van der Waals surface area contributed by atoms with Crippen LogP contribution in [0.1, 0.15) is 0 Å². The third kappa shape index (κ3) is 1.86. The minimum absolute atomic E-state index is 0.0725. The number of carbonyl (C=O) groups is 1. The van der Waals surface area contributed by atoms with Crippen LogP contribution in [0.4, 0.5) is 11.4 Å². The number of nitro benzene ring substituents is 1. The third-order valence-corrected chi connectivity index (χ3v) is 3.12. The molecule has 1 aliphatic rings. The number of thioether (sulfide) groups is 1. The second kappa shape index (κ2) is 4.11. The number of nitro groups is 1. The first-order chi connectivity index (χ1) is 7.59. The molecule has 1 aliphatic heterocycles. The van der Waals surface area contributed by atoms with Crippen LogP contribution in [0.3, 0.4) is 0 Å². The number of aliphatic hydroxyl groups is 1. The Balaban J connectivity index is 2.31. The number of benzene rings is 1. The Morgan fingerprint density at radius 2 is 2.31 bits per heavy atom. The number of non-ortho nitro benzene ring substituents is 1. The summed E-state index contributed by atoms with van der Waals surface area (Å²) in [6.07, 6.45) is 0. The average Bonchev–Trinajstić information content (AvgIpc) is 2.60. The minimum Gasteiger partial charge on any atom is -0.373 e. The van der Waals surface area contributed by atoms with Gasteiger partial charge in [0.05, 0.1) is 16.5 Å². The van der Waals surface area contributed by atoms with E-state index in [4.69, 9.17) is 0 Å². The summed E-state index contributed by atoms with van der Waals surface area (Å²) >= 11 is 1.08. The van der Waals surface area contributed by atoms with E-state index in [1.165, 1.54) is 23.1 Å². The van der Waals surface area contributed by atoms with Crippen LogP contribution >= 0.6 is 11.8 Å². The number of hydrogen-bond acceptors (Lipinski definition) is 5. The fraction of sp³-hybridized carbons (Fsp3) is 0.222. The highest BCUT2D eigenvalue weighted by Gasteiger charge is 2.31. The summed E-state index contributed by atoms with van der Waals surface area (Å²) in [6, 6.07) is 5.78. The summed E-state index contributed by atoms with van der Waals surface area (Å²) in [5.74, 6) is -0.133. The second-order valence-electron chi connectivity index (χ2n) is 3.19. The number of amides is 1. The Labute approximate surface area is 95.0 Å². The Hall–Kier alpha value is -1.60. The van der Waals surface area contributed by atoms with Gasteiger partial charge in [-0.25, -0.2) is 0 Å². The molecule has 0 aromatic heterocycles. The zero-order valence-electron chi connectivity index (χ0n) is 8.07. The molecule has 1 N–H and O–H groups in total. The van der Waals surface area contributed by atoms with Crippen molar-refractivity contribution in [1.82, 2.24) is 0 Å². The van der Waals surface area contributed by atoms with E-state index in [-0.39, 0.29) is 5.69 Å². The van der Waals surface area contributed by atoms with Crippen molar-refractivity contribution in [3.05, 3.63) is 34.4 Å². The predicted molar refractivity (Wildman–Crippen MR) is 59.0 cm³/mol. The predicted octanol–water partition coefficient (Wildman–Crippen LogP) is 0.950.